The van der Waals surface area contributed by atoms with E-state index in [-0.39, 0.29) is 24.3 Å². The number of hydrogen-bond acceptors (Lipinski definition) is 5. The standard InChI is InChI=1S/C22H22N2O3S2/c25-19-10-11-20(26)24(19)14-15-2-8-18(9-3-15)23-21(27)16-4-6-17(7-5-16)22-28-12-1-13-29-22/h2-9,22H,1,10-14H2,(H,23,27). The number of carbonyl (C=O) groups is 3. The van der Waals surface area contributed by atoms with Crippen LogP contribution in [0, 0.1) is 0 Å². The Labute approximate surface area is 178 Å². The van der Waals surface area contributed by atoms with Gasteiger partial charge in [-0.3, -0.25) is 19.3 Å². The molecule has 29 heavy (non-hydrogen) atoms. The van der Waals surface area contributed by atoms with E-state index in [0.717, 1.165) is 5.56 Å². The highest BCUT2D eigenvalue weighted by molar-refractivity contribution is 8.16. The Bertz CT molecular complexity index is 891. The van der Waals surface area contributed by atoms with Crippen molar-refractivity contribution in [3.63, 3.8) is 0 Å². The van der Waals surface area contributed by atoms with Crippen LogP contribution >= 0.6 is 23.5 Å². The minimum absolute atomic E-state index is 0.124. The molecule has 0 atom stereocenters. The molecule has 2 saturated heterocycles. The monoisotopic (exact) mass is 426 g/mol. The first-order valence-electron chi connectivity index (χ1n) is 9.67. The van der Waals surface area contributed by atoms with Crippen molar-refractivity contribution in [1.82, 2.24) is 4.90 Å². The first-order valence-corrected chi connectivity index (χ1v) is 11.8. The van der Waals surface area contributed by atoms with Crippen LogP contribution in [0.2, 0.25) is 0 Å². The Morgan fingerprint density at radius 3 is 2.17 bits per heavy atom. The number of benzene rings is 2. The molecule has 0 spiro atoms. The van der Waals surface area contributed by atoms with Crippen LogP contribution in [0.4, 0.5) is 5.69 Å². The van der Waals surface area contributed by atoms with Gasteiger partial charge in [-0.25, -0.2) is 0 Å². The molecule has 2 aliphatic heterocycles. The molecule has 4 rings (SSSR count). The lowest BCUT2D eigenvalue weighted by Crippen LogP contribution is -2.28. The molecule has 0 aliphatic carbocycles. The third-order valence-electron chi connectivity index (χ3n) is 4.98. The lowest BCUT2D eigenvalue weighted by atomic mass is 10.1. The van der Waals surface area contributed by atoms with E-state index in [0.29, 0.717) is 28.7 Å². The molecule has 150 valence electrons. The molecule has 7 heteroatoms. The van der Waals surface area contributed by atoms with Crippen molar-refractivity contribution in [2.24, 2.45) is 0 Å². The predicted molar refractivity (Wildman–Crippen MR) is 118 cm³/mol. The molecule has 2 fully saturated rings. The van der Waals surface area contributed by atoms with Crippen molar-refractivity contribution < 1.29 is 14.4 Å². The molecule has 0 bridgehead atoms. The van der Waals surface area contributed by atoms with Gasteiger partial charge in [-0.2, -0.15) is 0 Å². The molecule has 2 aromatic carbocycles. The SMILES string of the molecule is O=C(Nc1ccc(CN2C(=O)CCC2=O)cc1)c1ccc(C2SCCCS2)cc1. The largest absolute Gasteiger partial charge is 0.322 e. The van der Waals surface area contributed by atoms with Crippen LogP contribution in [0.1, 0.15) is 45.3 Å². The summed E-state index contributed by atoms with van der Waals surface area (Å²) in [4.78, 5) is 37.3. The minimum Gasteiger partial charge on any atom is -0.322 e. The number of nitrogens with one attached hydrogen (secondary N) is 1. The molecule has 3 amide bonds. The summed E-state index contributed by atoms with van der Waals surface area (Å²) < 4.78 is 0.461. The molecule has 0 radical (unpaired) electrons. The van der Waals surface area contributed by atoms with E-state index in [1.165, 1.54) is 28.4 Å². The minimum atomic E-state index is -0.154. The van der Waals surface area contributed by atoms with E-state index in [1.807, 2.05) is 59.9 Å². The first kappa shape index (κ1) is 20.0. The van der Waals surface area contributed by atoms with Crippen LogP contribution in [0.15, 0.2) is 48.5 Å². The zero-order valence-corrected chi connectivity index (χ0v) is 17.6. The van der Waals surface area contributed by atoms with Gasteiger partial charge in [0, 0.05) is 24.1 Å². The Kier molecular flexibility index (Phi) is 6.25. The van der Waals surface area contributed by atoms with Crippen LogP contribution in [-0.4, -0.2) is 34.1 Å². The van der Waals surface area contributed by atoms with Gasteiger partial charge >= 0.3 is 0 Å². The Morgan fingerprint density at radius 2 is 1.55 bits per heavy atom. The van der Waals surface area contributed by atoms with E-state index in [1.54, 1.807) is 12.1 Å². The number of thioether (sulfide) groups is 2. The van der Waals surface area contributed by atoms with Gasteiger partial charge in [0.2, 0.25) is 11.8 Å². The molecule has 2 heterocycles. The van der Waals surface area contributed by atoms with Gasteiger partial charge in [0.25, 0.3) is 5.91 Å². The molecule has 0 saturated carbocycles. The maximum absolute atomic E-state index is 12.5. The van der Waals surface area contributed by atoms with Crippen LogP contribution in [-0.2, 0) is 16.1 Å². The molecule has 2 aliphatic rings. The fourth-order valence-corrected chi connectivity index (χ4v) is 6.24. The van der Waals surface area contributed by atoms with Crippen molar-refractivity contribution in [1.29, 1.82) is 0 Å². The number of likely N-dealkylation sites (tertiary alicyclic amines) is 1. The Hall–Kier alpha value is -2.25. The summed E-state index contributed by atoms with van der Waals surface area (Å²) in [5, 5.41) is 2.90. The summed E-state index contributed by atoms with van der Waals surface area (Å²) >= 11 is 3.93. The zero-order chi connectivity index (χ0) is 20.2. The van der Waals surface area contributed by atoms with E-state index >= 15 is 0 Å². The van der Waals surface area contributed by atoms with Gasteiger partial charge in [0.1, 0.15) is 0 Å². The number of carbonyl (C=O) groups excluding carboxylic acids is 3. The molecule has 0 aromatic heterocycles. The van der Waals surface area contributed by atoms with Gasteiger partial charge in [0.15, 0.2) is 0 Å². The topological polar surface area (TPSA) is 66.5 Å². The van der Waals surface area contributed by atoms with Crippen LogP contribution in [0.3, 0.4) is 0 Å². The van der Waals surface area contributed by atoms with Crippen LogP contribution in [0.25, 0.3) is 0 Å². The van der Waals surface area contributed by atoms with E-state index in [4.69, 9.17) is 0 Å². The van der Waals surface area contributed by atoms with Crippen molar-refractivity contribution in [3.8, 4) is 0 Å². The van der Waals surface area contributed by atoms with Crippen molar-refractivity contribution >= 4 is 46.9 Å². The average molecular weight is 427 g/mol. The fourth-order valence-electron chi connectivity index (χ4n) is 3.35. The van der Waals surface area contributed by atoms with Crippen molar-refractivity contribution in [2.75, 3.05) is 16.8 Å². The summed E-state index contributed by atoms with van der Waals surface area (Å²) in [6, 6.07) is 15.1. The van der Waals surface area contributed by atoms with Crippen molar-refractivity contribution in [3.05, 3.63) is 65.2 Å². The predicted octanol–water partition coefficient (Wildman–Crippen LogP) is 4.46. The highest BCUT2D eigenvalue weighted by atomic mass is 32.2. The van der Waals surface area contributed by atoms with Gasteiger partial charge in [-0.15, -0.1) is 23.5 Å². The number of amides is 3. The molecule has 0 unspecified atom stereocenters. The maximum atomic E-state index is 12.5. The zero-order valence-electron chi connectivity index (χ0n) is 15.9. The van der Waals surface area contributed by atoms with Crippen LogP contribution in [0.5, 0.6) is 0 Å². The van der Waals surface area contributed by atoms with Gasteiger partial charge in [-0.05, 0) is 53.3 Å². The number of imide groups is 1. The number of nitrogens with zero attached hydrogens (tertiary/aromatic N) is 1. The number of anilines is 1. The Balaban J connectivity index is 1.35. The summed E-state index contributed by atoms with van der Waals surface area (Å²) in [6.07, 6.45) is 1.85. The highest BCUT2D eigenvalue weighted by Crippen LogP contribution is 2.43. The molecular weight excluding hydrogens is 404 g/mol. The van der Waals surface area contributed by atoms with Gasteiger partial charge in [-0.1, -0.05) is 24.3 Å². The summed E-state index contributed by atoms with van der Waals surface area (Å²) in [7, 11) is 0. The Morgan fingerprint density at radius 1 is 0.931 bits per heavy atom. The second-order valence-corrected chi connectivity index (χ2v) is 9.80. The maximum Gasteiger partial charge on any atom is 0.255 e. The average Bonchev–Trinajstić information content (AvgIpc) is 3.08. The first-order chi connectivity index (χ1) is 14.1. The third kappa shape index (κ3) is 4.85. The normalized spacial score (nSPS) is 17.6. The van der Waals surface area contributed by atoms with E-state index in [2.05, 4.69) is 5.32 Å². The lowest BCUT2D eigenvalue weighted by molar-refractivity contribution is -0.139. The van der Waals surface area contributed by atoms with E-state index in [9.17, 15) is 14.4 Å². The number of hydrogen-bond donors (Lipinski definition) is 1. The second-order valence-electron chi connectivity index (χ2n) is 7.07. The fraction of sp³-hybridized carbons (Fsp3) is 0.318. The second kappa shape index (κ2) is 9.05. The number of rotatable bonds is 5. The highest BCUT2D eigenvalue weighted by Gasteiger charge is 2.28. The summed E-state index contributed by atoms with van der Waals surface area (Å²) in [5.41, 5.74) is 3.42. The van der Waals surface area contributed by atoms with Crippen LogP contribution < -0.4 is 5.32 Å². The van der Waals surface area contributed by atoms with E-state index < -0.39 is 0 Å². The van der Waals surface area contributed by atoms with Crippen molar-refractivity contribution in [2.45, 2.75) is 30.4 Å². The molecule has 1 N–H and O–H groups in total. The smallest absolute Gasteiger partial charge is 0.255 e. The third-order valence-corrected chi connectivity index (χ3v) is 7.99. The van der Waals surface area contributed by atoms with Gasteiger partial charge < -0.3 is 5.32 Å². The molecule has 2 aromatic rings. The summed E-state index contributed by atoms with van der Waals surface area (Å²) in [6.45, 7) is 0.282. The lowest BCUT2D eigenvalue weighted by Gasteiger charge is -2.21. The quantitative estimate of drug-likeness (QED) is 0.715. The summed E-state index contributed by atoms with van der Waals surface area (Å²) in [5.74, 6) is 1.98. The molecule has 5 nitrogen and oxygen atoms in total. The molecular formula is C22H22N2O3S2. The van der Waals surface area contributed by atoms with Gasteiger partial charge in [0.05, 0.1) is 11.1 Å².